The van der Waals surface area contributed by atoms with Crippen molar-refractivity contribution in [2.75, 3.05) is 53.0 Å². The number of aryl methyl sites for hydroxylation is 1. The van der Waals surface area contributed by atoms with E-state index < -0.39 is 0 Å². The summed E-state index contributed by atoms with van der Waals surface area (Å²) in [5.41, 5.74) is 1.27. The third-order valence-corrected chi connectivity index (χ3v) is 5.45. The molecule has 0 aliphatic carbocycles. The van der Waals surface area contributed by atoms with Crippen LogP contribution in [0.2, 0.25) is 0 Å². The second-order valence-electron chi connectivity index (χ2n) is 7.50. The maximum absolute atomic E-state index is 12.5. The molecule has 2 saturated heterocycles. The fourth-order valence-electron chi connectivity index (χ4n) is 3.84. The lowest BCUT2D eigenvalue weighted by molar-refractivity contribution is -0.142. The number of benzene rings is 1. The number of hydrogen-bond donors (Lipinski definition) is 1. The number of carbonyl (C=O) groups is 1. The van der Waals surface area contributed by atoms with E-state index in [1.54, 1.807) is 7.11 Å². The van der Waals surface area contributed by atoms with Crippen molar-refractivity contribution in [2.24, 2.45) is 4.99 Å². The second kappa shape index (κ2) is 13.0. The number of carbonyl (C=O) groups excluding carboxylic acids is 1. The van der Waals surface area contributed by atoms with Gasteiger partial charge in [0.05, 0.1) is 7.11 Å². The molecule has 2 heterocycles. The van der Waals surface area contributed by atoms with Crippen LogP contribution in [0.4, 0.5) is 0 Å². The first-order valence-electron chi connectivity index (χ1n) is 10.8. The number of hydrogen-bond acceptors (Lipinski definition) is 4. The van der Waals surface area contributed by atoms with E-state index in [4.69, 9.17) is 14.5 Å². The molecule has 0 radical (unpaired) electrons. The lowest BCUT2D eigenvalue weighted by Crippen LogP contribution is -2.55. The number of methoxy groups -OCH3 is 1. The van der Waals surface area contributed by atoms with Gasteiger partial charge in [0.1, 0.15) is 11.9 Å². The van der Waals surface area contributed by atoms with Gasteiger partial charge in [0.25, 0.3) is 5.91 Å². The quantitative estimate of drug-likeness (QED) is 0.254. The van der Waals surface area contributed by atoms with Crippen molar-refractivity contribution in [3.63, 3.8) is 0 Å². The van der Waals surface area contributed by atoms with Gasteiger partial charge in [-0.05, 0) is 50.3 Å². The van der Waals surface area contributed by atoms with Crippen LogP contribution in [0.25, 0.3) is 0 Å². The van der Waals surface area contributed by atoms with Crippen molar-refractivity contribution in [3.8, 4) is 5.75 Å². The molecule has 168 valence electrons. The van der Waals surface area contributed by atoms with E-state index in [-0.39, 0.29) is 36.0 Å². The Hall–Kier alpha value is -1.55. The van der Waals surface area contributed by atoms with E-state index in [1.165, 1.54) is 5.56 Å². The molecule has 1 aromatic carbocycles. The van der Waals surface area contributed by atoms with Crippen LogP contribution in [0.1, 0.15) is 31.7 Å². The fraction of sp³-hybridized carbons (Fsp3) is 0.636. The van der Waals surface area contributed by atoms with Crippen LogP contribution in [0, 0.1) is 0 Å². The van der Waals surface area contributed by atoms with Gasteiger partial charge >= 0.3 is 0 Å². The zero-order valence-electron chi connectivity index (χ0n) is 18.1. The number of halogens is 1. The molecule has 1 amide bonds. The van der Waals surface area contributed by atoms with Crippen molar-refractivity contribution in [1.82, 2.24) is 15.1 Å². The third-order valence-electron chi connectivity index (χ3n) is 5.45. The molecule has 1 atom stereocenters. The summed E-state index contributed by atoms with van der Waals surface area (Å²) in [5.74, 6) is 2.00. The summed E-state index contributed by atoms with van der Waals surface area (Å²) in [5, 5.41) is 3.40. The van der Waals surface area contributed by atoms with Gasteiger partial charge in [0.2, 0.25) is 0 Å². The Kier molecular flexibility index (Phi) is 10.7. The third kappa shape index (κ3) is 7.01. The molecule has 0 aromatic heterocycles. The molecular weight excluding hydrogens is 495 g/mol. The Labute approximate surface area is 197 Å². The highest BCUT2D eigenvalue weighted by atomic mass is 127. The van der Waals surface area contributed by atoms with Crippen molar-refractivity contribution in [1.29, 1.82) is 0 Å². The SMILES string of the molecule is CCNC(=NCCCc1cccc(OC)c1)N1CCN(C(=O)C2CCCO2)CC1.I. The molecule has 3 rings (SSSR count). The molecule has 1 unspecified atom stereocenters. The standard InChI is InChI=1S/C22H34N4O3.HI/c1-3-23-22(24-11-5-8-18-7-4-9-19(17-18)28-2)26-14-12-25(13-15-26)21(27)20-10-6-16-29-20;/h4,7,9,17,20H,3,5-6,8,10-16H2,1-2H3,(H,23,24);1H. The number of nitrogens with one attached hydrogen (secondary N) is 1. The van der Waals surface area contributed by atoms with Crippen LogP contribution < -0.4 is 10.1 Å². The average Bonchev–Trinajstić information content (AvgIpc) is 3.30. The van der Waals surface area contributed by atoms with Crippen molar-refractivity contribution < 1.29 is 14.3 Å². The average molecular weight is 530 g/mol. The molecule has 0 saturated carbocycles. The molecule has 0 bridgehead atoms. The Morgan fingerprint density at radius 1 is 1.27 bits per heavy atom. The van der Waals surface area contributed by atoms with E-state index in [1.807, 2.05) is 17.0 Å². The van der Waals surface area contributed by atoms with Gasteiger partial charge in [-0.1, -0.05) is 12.1 Å². The summed E-state index contributed by atoms with van der Waals surface area (Å²) < 4.78 is 10.8. The Morgan fingerprint density at radius 2 is 2.03 bits per heavy atom. The first kappa shape index (κ1) is 24.7. The lowest BCUT2D eigenvalue weighted by atomic mass is 10.1. The number of piperazine rings is 1. The molecule has 2 aliphatic heterocycles. The van der Waals surface area contributed by atoms with Crippen molar-refractivity contribution in [3.05, 3.63) is 29.8 Å². The second-order valence-corrected chi connectivity index (χ2v) is 7.50. The predicted octanol–water partition coefficient (Wildman–Crippen LogP) is 2.53. The molecule has 1 aromatic rings. The minimum absolute atomic E-state index is 0. The van der Waals surface area contributed by atoms with Crippen LogP contribution >= 0.6 is 24.0 Å². The summed E-state index contributed by atoms with van der Waals surface area (Å²) in [6, 6.07) is 8.20. The molecule has 30 heavy (non-hydrogen) atoms. The van der Waals surface area contributed by atoms with Gasteiger partial charge in [0.15, 0.2) is 5.96 Å². The Balaban J connectivity index is 0.00000320. The number of aliphatic imine (C=N–C) groups is 1. The van der Waals surface area contributed by atoms with E-state index in [0.29, 0.717) is 6.61 Å². The normalized spacial score (nSPS) is 19.4. The first-order valence-corrected chi connectivity index (χ1v) is 10.8. The summed E-state index contributed by atoms with van der Waals surface area (Å²) in [7, 11) is 1.69. The summed E-state index contributed by atoms with van der Waals surface area (Å²) >= 11 is 0. The van der Waals surface area contributed by atoms with Crippen LogP contribution in [-0.2, 0) is 16.0 Å². The van der Waals surface area contributed by atoms with Gasteiger partial charge < -0.3 is 24.6 Å². The highest BCUT2D eigenvalue weighted by Crippen LogP contribution is 2.16. The number of nitrogens with zero attached hydrogens (tertiary/aromatic N) is 3. The zero-order valence-corrected chi connectivity index (χ0v) is 20.5. The zero-order chi connectivity index (χ0) is 20.5. The Bertz CT molecular complexity index is 687. The number of guanidine groups is 1. The highest BCUT2D eigenvalue weighted by Gasteiger charge is 2.30. The molecule has 2 aliphatic rings. The molecule has 1 N–H and O–H groups in total. The Morgan fingerprint density at radius 3 is 2.70 bits per heavy atom. The van der Waals surface area contributed by atoms with Crippen LogP contribution in [-0.4, -0.2) is 80.8 Å². The van der Waals surface area contributed by atoms with E-state index in [0.717, 1.165) is 76.7 Å². The maximum Gasteiger partial charge on any atom is 0.251 e. The largest absolute Gasteiger partial charge is 0.497 e. The summed E-state index contributed by atoms with van der Waals surface area (Å²) in [6.45, 7) is 7.48. The number of ether oxygens (including phenoxy) is 2. The lowest BCUT2D eigenvalue weighted by Gasteiger charge is -2.37. The van der Waals surface area contributed by atoms with Crippen LogP contribution in [0.15, 0.2) is 29.3 Å². The van der Waals surface area contributed by atoms with Crippen molar-refractivity contribution >= 4 is 35.8 Å². The van der Waals surface area contributed by atoms with Gasteiger partial charge in [0, 0.05) is 45.9 Å². The van der Waals surface area contributed by atoms with E-state index in [9.17, 15) is 4.79 Å². The van der Waals surface area contributed by atoms with Gasteiger partial charge in [-0.2, -0.15) is 0 Å². The molecule has 7 nitrogen and oxygen atoms in total. The number of rotatable bonds is 7. The number of amides is 1. The topological polar surface area (TPSA) is 66.4 Å². The fourth-order valence-corrected chi connectivity index (χ4v) is 3.84. The molecule has 8 heteroatoms. The minimum atomic E-state index is -0.222. The van der Waals surface area contributed by atoms with Gasteiger partial charge in [-0.25, -0.2) is 0 Å². The van der Waals surface area contributed by atoms with Gasteiger partial charge in [-0.3, -0.25) is 9.79 Å². The highest BCUT2D eigenvalue weighted by molar-refractivity contribution is 14.0. The van der Waals surface area contributed by atoms with E-state index in [2.05, 4.69) is 29.3 Å². The van der Waals surface area contributed by atoms with Crippen molar-refractivity contribution in [2.45, 2.75) is 38.7 Å². The molecule has 2 fully saturated rings. The predicted molar refractivity (Wildman–Crippen MR) is 130 cm³/mol. The maximum atomic E-state index is 12.5. The summed E-state index contributed by atoms with van der Waals surface area (Å²) in [4.78, 5) is 21.5. The van der Waals surface area contributed by atoms with Gasteiger partial charge in [-0.15, -0.1) is 24.0 Å². The first-order chi connectivity index (χ1) is 14.2. The van der Waals surface area contributed by atoms with Crippen LogP contribution in [0.3, 0.4) is 0 Å². The van der Waals surface area contributed by atoms with E-state index >= 15 is 0 Å². The molecule has 0 spiro atoms. The summed E-state index contributed by atoms with van der Waals surface area (Å²) in [6.07, 6.45) is 3.59. The van der Waals surface area contributed by atoms with Crippen LogP contribution in [0.5, 0.6) is 5.75 Å². The monoisotopic (exact) mass is 530 g/mol. The molecular formula is C22H35IN4O3. The minimum Gasteiger partial charge on any atom is -0.497 e. The smallest absolute Gasteiger partial charge is 0.251 e.